The Kier molecular flexibility index (Phi) is 31.7. The van der Waals surface area contributed by atoms with Gasteiger partial charge in [0.2, 0.25) is 0 Å². The molecular formula is C45H107N3OS7. The monoisotopic (exact) mass is 930 g/mol. The molecule has 7 aliphatic heterocycles. The van der Waals surface area contributed by atoms with Gasteiger partial charge in [0.15, 0.2) is 0 Å². The molecule has 0 saturated carbocycles. The van der Waals surface area contributed by atoms with Gasteiger partial charge in [0, 0.05) is 31.0 Å². The van der Waals surface area contributed by atoms with Gasteiger partial charge in [-0.05, 0) is 177 Å². The molecule has 0 bridgehead atoms. The van der Waals surface area contributed by atoms with Crippen molar-refractivity contribution in [2.24, 2.45) is 11.0 Å². The Morgan fingerprint density at radius 2 is 1.02 bits per heavy atom. The fourth-order valence-electron chi connectivity index (χ4n) is 6.65. The Hall–Kier alpha value is 1.32. The minimum atomic E-state index is -0.461. The zero-order valence-electron chi connectivity index (χ0n) is 38.3. The Balaban J connectivity index is -0.000000580. The second-order valence-electron chi connectivity index (χ2n) is 19.8. The van der Waals surface area contributed by atoms with Gasteiger partial charge in [0.1, 0.15) is 0 Å². The topological polar surface area (TPSA) is 36.9 Å². The molecule has 5 saturated heterocycles. The quantitative estimate of drug-likeness (QED) is 0.263. The number of hydrogen-bond acceptors (Lipinski definition) is 4. The first-order valence-corrected chi connectivity index (χ1v) is 39.2. The van der Waals surface area contributed by atoms with Crippen molar-refractivity contribution in [1.82, 2.24) is 10.3 Å². The average molecular weight is 931 g/mol. The van der Waals surface area contributed by atoms with Crippen LogP contribution in [0.15, 0.2) is 28.1 Å². The lowest BCUT2D eigenvalue weighted by Crippen LogP contribution is -2.21. The number of ether oxygens (including phenoxy) is 1. The number of allylic oxidation sites excluding steroid dienone is 2. The molecule has 0 amide bonds. The molecule has 11 heteroatoms. The minimum absolute atomic E-state index is 0. The van der Waals surface area contributed by atoms with E-state index in [-0.39, 0.29) is 72.4 Å². The summed E-state index contributed by atoms with van der Waals surface area (Å²) in [6.07, 6.45) is 46.6. The predicted molar refractivity (Wildman–Crippen MR) is 300 cm³/mol. The van der Waals surface area contributed by atoms with Crippen LogP contribution in [0.25, 0.3) is 0 Å². The largest absolute Gasteiger partial charge is 0.380 e. The molecule has 0 aliphatic carbocycles. The third-order valence-corrected chi connectivity index (χ3v) is 27.0. The summed E-state index contributed by atoms with van der Waals surface area (Å²) in [6.45, 7) is 5.63. The lowest BCUT2D eigenvalue weighted by Gasteiger charge is -2.34. The zero-order valence-corrected chi connectivity index (χ0v) is 44.0. The normalized spacial score (nSPS) is 30.6. The van der Waals surface area contributed by atoms with Crippen molar-refractivity contribution in [2.75, 3.05) is 178 Å². The molecule has 350 valence electrons. The third-order valence-electron chi connectivity index (χ3n) is 10.3. The Morgan fingerprint density at radius 1 is 0.571 bits per heavy atom. The molecule has 5 fully saturated rings. The van der Waals surface area contributed by atoms with E-state index in [1.807, 2.05) is 12.1 Å². The van der Waals surface area contributed by atoms with Gasteiger partial charge in [-0.1, -0.05) is 47.8 Å². The number of nitrogens with one attached hydrogen (secondary N) is 1. The van der Waals surface area contributed by atoms with Gasteiger partial charge in [-0.15, -0.1) is 0 Å². The molecule has 0 aromatic carbocycles. The van der Waals surface area contributed by atoms with Gasteiger partial charge < -0.3 is 10.1 Å². The predicted octanol–water partition coefficient (Wildman–Crippen LogP) is 12.8. The molecule has 0 spiro atoms. The van der Waals surface area contributed by atoms with Crippen LogP contribution in [0.4, 0.5) is 0 Å². The maximum absolute atomic E-state index is 5.23. The Morgan fingerprint density at radius 3 is 1.16 bits per heavy atom. The van der Waals surface area contributed by atoms with Gasteiger partial charge in [-0.25, -0.2) is 60.2 Å². The van der Waals surface area contributed by atoms with E-state index in [1.165, 1.54) is 103 Å². The third kappa shape index (κ3) is 33.0. The zero-order chi connectivity index (χ0) is 40.5. The summed E-state index contributed by atoms with van der Waals surface area (Å²) in [5, 5.41) is 14.0. The van der Waals surface area contributed by atoms with Crippen LogP contribution in [0, 0.1) is 5.92 Å². The summed E-state index contributed by atoms with van der Waals surface area (Å²) in [4.78, 5) is 0. The van der Waals surface area contributed by atoms with Crippen molar-refractivity contribution in [2.45, 2.75) is 67.7 Å². The highest BCUT2D eigenvalue weighted by Crippen LogP contribution is 2.49. The molecule has 0 aromatic heterocycles. The van der Waals surface area contributed by atoms with Crippen LogP contribution in [0.2, 0.25) is 0 Å². The fourth-order valence-corrected chi connectivity index (χ4v) is 19.4. The molecule has 0 aromatic rings. The van der Waals surface area contributed by atoms with Gasteiger partial charge in [0.05, 0.1) is 24.6 Å². The number of nitrogens with zero attached hydrogens (tertiary/aromatic N) is 2. The smallest absolute Gasteiger partial charge is 0.0700 e. The summed E-state index contributed by atoms with van der Waals surface area (Å²) in [7, 11) is 0.554. The van der Waals surface area contributed by atoms with E-state index in [2.05, 4.69) is 133 Å². The second kappa shape index (κ2) is 28.8. The lowest BCUT2D eigenvalue weighted by atomic mass is 10.2. The van der Waals surface area contributed by atoms with Crippen LogP contribution in [-0.4, -0.2) is 188 Å². The van der Waals surface area contributed by atoms with E-state index >= 15 is 0 Å². The first-order valence-electron chi connectivity index (χ1n) is 20.0. The van der Waals surface area contributed by atoms with Crippen LogP contribution < -0.4 is 5.32 Å². The van der Waals surface area contributed by atoms with Crippen LogP contribution in [0.1, 0.15) is 67.7 Å². The Labute approximate surface area is 367 Å². The average Bonchev–Trinajstić information content (AvgIpc) is 3.86. The van der Waals surface area contributed by atoms with E-state index in [9.17, 15) is 0 Å². The molecule has 56 heavy (non-hydrogen) atoms. The summed E-state index contributed by atoms with van der Waals surface area (Å²) >= 11 is 0. The van der Waals surface area contributed by atoms with Crippen LogP contribution in [0.3, 0.4) is 0 Å². The number of rotatable bonds is 0. The van der Waals surface area contributed by atoms with Gasteiger partial charge in [-0.3, -0.25) is 5.01 Å². The summed E-state index contributed by atoms with van der Waals surface area (Å²) in [5.74, 6) is 16.7. The maximum Gasteiger partial charge on any atom is 0.0700 e. The van der Waals surface area contributed by atoms with Crippen molar-refractivity contribution >= 4 is 75.7 Å². The van der Waals surface area contributed by atoms with Crippen LogP contribution >= 0.6 is 70.2 Å². The van der Waals surface area contributed by atoms with E-state index in [1.54, 1.807) is 0 Å². The van der Waals surface area contributed by atoms with Gasteiger partial charge >= 0.3 is 0 Å². The molecule has 7 aliphatic rings. The highest BCUT2D eigenvalue weighted by atomic mass is 32.3. The van der Waals surface area contributed by atoms with E-state index in [0.717, 1.165) is 25.0 Å². The molecule has 0 radical (unpaired) electrons. The van der Waals surface area contributed by atoms with Crippen molar-refractivity contribution < 1.29 is 4.74 Å². The molecule has 1 atom stereocenters. The van der Waals surface area contributed by atoms with Crippen molar-refractivity contribution in [3.05, 3.63) is 23.0 Å². The van der Waals surface area contributed by atoms with E-state index in [4.69, 9.17) is 4.74 Å². The summed E-state index contributed by atoms with van der Waals surface area (Å²) in [6, 6.07) is 0. The molecule has 1 unspecified atom stereocenters. The van der Waals surface area contributed by atoms with Crippen molar-refractivity contribution in [3.63, 3.8) is 0 Å². The van der Waals surface area contributed by atoms with Gasteiger partial charge in [-0.2, -0.15) is 15.1 Å². The van der Waals surface area contributed by atoms with Crippen LogP contribution in [0.5, 0.6) is 0 Å². The standard InChI is InChI=1S/2C7H16S.C6H14OS.C6H14S.C6H10S.C5H12N2S.C5H13NS.3CH4/c1-7-4-5-8(2,3)6-7;1-8(2)6-4-3-5-7-8;1-8(2)5-3-7-4-6-8;2*1-7(2)5-3-4-6-7;1-7-5-8(2,3)4-6-7;1-7(2)4-3-6-5-7;;;/h7H,4-6H2,1-3H3;3-7H2,1-2H3;3-6H2,1-2H3;3-6H2,1-2H3;3-6H,1-2H3;4H,5H2,1-3H3;6H,3-5H2,1-2H3;3*1H4. The lowest BCUT2D eigenvalue weighted by molar-refractivity contribution is 0.159. The highest BCUT2D eigenvalue weighted by Gasteiger charge is 2.23. The van der Waals surface area contributed by atoms with Crippen LogP contribution in [-0.2, 0) is 4.74 Å². The first kappa shape index (κ1) is 61.6. The second-order valence-corrected chi connectivity index (χ2v) is 48.6. The van der Waals surface area contributed by atoms with E-state index in [0.29, 0.717) is 0 Å². The van der Waals surface area contributed by atoms with Gasteiger partial charge in [0.25, 0.3) is 0 Å². The van der Waals surface area contributed by atoms with Crippen molar-refractivity contribution in [3.8, 4) is 0 Å². The molecule has 7 heterocycles. The molecular weight excluding hydrogens is 823 g/mol. The maximum atomic E-state index is 5.23. The highest BCUT2D eigenvalue weighted by molar-refractivity contribution is 8.43. The SMILES string of the molecule is C.C.C.CC1CCS(C)(C)C1.CN1CS(C)(C)C=N1.CS1(C)C=CC=C1.CS1(C)CCCC1.CS1(C)CCCCC1.CS1(C)CCNC1.CS1(C)CCOCC1. The number of hydrazone groups is 1. The Bertz CT molecular complexity index is 1010. The fraction of sp³-hybridized carbons (Fsp3) is 0.889. The van der Waals surface area contributed by atoms with Crippen molar-refractivity contribution in [1.29, 1.82) is 0 Å². The summed E-state index contributed by atoms with van der Waals surface area (Å²) < 4.78 is 5.23. The van der Waals surface area contributed by atoms with E-state index < -0.39 is 20.1 Å². The minimum Gasteiger partial charge on any atom is -0.380 e. The molecule has 1 N–H and O–H groups in total. The molecule has 4 nitrogen and oxygen atoms in total. The first-order chi connectivity index (χ1) is 24.2. The number of hydrogen-bond donors (Lipinski definition) is 1. The molecule has 7 rings (SSSR count). The summed E-state index contributed by atoms with van der Waals surface area (Å²) in [5.41, 5.74) is 2.08.